The Labute approximate surface area is 126 Å². The van der Waals surface area contributed by atoms with Gasteiger partial charge in [-0.05, 0) is 30.3 Å². The number of aromatic amines is 1. The van der Waals surface area contributed by atoms with Crippen molar-refractivity contribution in [3.05, 3.63) is 60.6 Å². The van der Waals surface area contributed by atoms with E-state index < -0.39 is 0 Å². The molecule has 0 aliphatic heterocycles. The second kappa shape index (κ2) is 5.33. The van der Waals surface area contributed by atoms with E-state index in [0.717, 1.165) is 22.4 Å². The second-order valence-electron chi connectivity index (χ2n) is 4.83. The van der Waals surface area contributed by atoms with E-state index in [1.165, 1.54) is 0 Å². The van der Waals surface area contributed by atoms with Crippen molar-refractivity contribution in [2.45, 2.75) is 6.54 Å². The topological polar surface area (TPSA) is 79.6 Å². The highest BCUT2D eigenvalue weighted by atomic mass is 16.4. The summed E-state index contributed by atoms with van der Waals surface area (Å²) in [6.45, 7) is 0.430. The fourth-order valence-corrected chi connectivity index (χ4v) is 2.22. The predicted octanol–water partition coefficient (Wildman–Crippen LogP) is 3.23. The van der Waals surface area contributed by atoms with Crippen molar-refractivity contribution in [2.24, 2.45) is 0 Å². The summed E-state index contributed by atoms with van der Waals surface area (Å²) < 4.78 is 5.64. The molecule has 108 valence electrons. The van der Waals surface area contributed by atoms with Crippen LogP contribution in [-0.2, 0) is 6.54 Å². The summed E-state index contributed by atoms with van der Waals surface area (Å²) in [6, 6.07) is 15.6. The molecule has 2 N–H and O–H groups in total. The van der Waals surface area contributed by atoms with Crippen LogP contribution in [0.25, 0.3) is 22.5 Å². The van der Waals surface area contributed by atoms with Gasteiger partial charge in [-0.2, -0.15) is 0 Å². The molecule has 0 amide bonds. The normalized spacial score (nSPS) is 10.9. The van der Waals surface area contributed by atoms with E-state index in [1.807, 2.05) is 54.7 Å². The Morgan fingerprint density at radius 1 is 1.00 bits per heavy atom. The van der Waals surface area contributed by atoms with Gasteiger partial charge in [-0.1, -0.05) is 18.2 Å². The fourth-order valence-electron chi connectivity index (χ4n) is 2.22. The van der Waals surface area contributed by atoms with E-state index in [2.05, 4.69) is 25.5 Å². The van der Waals surface area contributed by atoms with Gasteiger partial charge in [-0.3, -0.25) is 0 Å². The molecule has 0 saturated carbocycles. The molecule has 3 heterocycles. The summed E-state index contributed by atoms with van der Waals surface area (Å²) >= 11 is 0. The minimum Gasteiger partial charge on any atom is -0.419 e. The Morgan fingerprint density at radius 2 is 1.91 bits per heavy atom. The van der Waals surface area contributed by atoms with Crippen LogP contribution < -0.4 is 5.32 Å². The molecule has 4 aromatic rings. The highest BCUT2D eigenvalue weighted by Gasteiger charge is 2.08. The van der Waals surface area contributed by atoms with E-state index in [-0.39, 0.29) is 0 Å². The first-order valence-electron chi connectivity index (χ1n) is 6.94. The number of benzene rings is 1. The molecule has 0 saturated heterocycles. The zero-order chi connectivity index (χ0) is 14.8. The molecule has 0 atom stereocenters. The third kappa shape index (κ3) is 2.42. The van der Waals surface area contributed by atoms with Crippen LogP contribution in [0.4, 0.5) is 5.82 Å². The van der Waals surface area contributed by atoms with Crippen LogP contribution in [-0.4, -0.2) is 20.2 Å². The Balaban J connectivity index is 1.48. The van der Waals surface area contributed by atoms with Gasteiger partial charge in [-0.15, -0.1) is 10.2 Å². The molecule has 0 radical (unpaired) electrons. The SMILES string of the molecule is c1ccc(-c2nnc(CNc3ccc4cc[nH]c4n3)o2)cc1. The van der Waals surface area contributed by atoms with Crippen molar-refractivity contribution < 1.29 is 4.42 Å². The Morgan fingerprint density at radius 3 is 2.82 bits per heavy atom. The molecular formula is C16H13N5O. The molecule has 22 heavy (non-hydrogen) atoms. The second-order valence-corrected chi connectivity index (χ2v) is 4.83. The lowest BCUT2D eigenvalue weighted by Crippen LogP contribution is -2.01. The number of nitrogens with one attached hydrogen (secondary N) is 2. The summed E-state index contributed by atoms with van der Waals surface area (Å²) in [5, 5.41) is 12.4. The standard InChI is InChI=1S/C16H13N5O/c1-2-4-12(5-3-1)16-21-20-14(22-16)10-18-13-7-6-11-8-9-17-15(11)19-13/h1-9H,10H2,(H2,17,18,19). The Hall–Kier alpha value is -3.15. The maximum Gasteiger partial charge on any atom is 0.247 e. The minimum absolute atomic E-state index is 0.430. The molecule has 6 nitrogen and oxygen atoms in total. The number of fused-ring (bicyclic) bond motifs is 1. The number of pyridine rings is 1. The summed E-state index contributed by atoms with van der Waals surface area (Å²) in [4.78, 5) is 7.54. The van der Waals surface area contributed by atoms with Crippen LogP contribution in [0.2, 0.25) is 0 Å². The number of H-pyrrole nitrogens is 1. The lowest BCUT2D eigenvalue weighted by molar-refractivity contribution is 0.514. The van der Waals surface area contributed by atoms with Crippen molar-refractivity contribution in [3.63, 3.8) is 0 Å². The Bertz CT molecular complexity index is 897. The third-order valence-electron chi connectivity index (χ3n) is 3.32. The molecular weight excluding hydrogens is 278 g/mol. The van der Waals surface area contributed by atoms with Crippen LogP contribution >= 0.6 is 0 Å². The van der Waals surface area contributed by atoms with Gasteiger partial charge >= 0.3 is 0 Å². The molecule has 0 bridgehead atoms. The number of anilines is 1. The molecule has 0 fully saturated rings. The minimum atomic E-state index is 0.430. The van der Waals surface area contributed by atoms with E-state index >= 15 is 0 Å². The molecule has 0 unspecified atom stereocenters. The lowest BCUT2D eigenvalue weighted by atomic mass is 10.2. The first-order chi connectivity index (χ1) is 10.9. The summed E-state index contributed by atoms with van der Waals surface area (Å²) in [5.74, 6) is 1.80. The van der Waals surface area contributed by atoms with Crippen LogP contribution in [0, 0.1) is 0 Å². The van der Waals surface area contributed by atoms with E-state index in [1.54, 1.807) is 0 Å². The maximum atomic E-state index is 5.64. The summed E-state index contributed by atoms with van der Waals surface area (Å²) in [6.07, 6.45) is 1.87. The number of rotatable bonds is 4. The molecule has 4 rings (SSSR count). The van der Waals surface area contributed by atoms with Gasteiger partial charge in [0.25, 0.3) is 0 Å². The molecule has 0 aliphatic rings. The van der Waals surface area contributed by atoms with Gasteiger partial charge in [0.15, 0.2) is 0 Å². The number of hydrogen-bond acceptors (Lipinski definition) is 5. The lowest BCUT2D eigenvalue weighted by Gasteiger charge is -2.02. The Kier molecular flexibility index (Phi) is 3.05. The quantitative estimate of drug-likeness (QED) is 0.603. The van der Waals surface area contributed by atoms with Gasteiger partial charge in [0.1, 0.15) is 11.5 Å². The van der Waals surface area contributed by atoms with Crippen LogP contribution in [0.5, 0.6) is 0 Å². The van der Waals surface area contributed by atoms with Crippen LogP contribution in [0.3, 0.4) is 0 Å². The fraction of sp³-hybridized carbons (Fsp3) is 0.0625. The summed E-state index contributed by atoms with van der Waals surface area (Å²) in [5.41, 5.74) is 1.76. The largest absolute Gasteiger partial charge is 0.419 e. The molecule has 0 aliphatic carbocycles. The van der Waals surface area contributed by atoms with Crippen LogP contribution in [0.1, 0.15) is 5.89 Å². The van der Waals surface area contributed by atoms with E-state index in [0.29, 0.717) is 18.3 Å². The molecule has 0 spiro atoms. The van der Waals surface area contributed by atoms with E-state index in [9.17, 15) is 0 Å². The van der Waals surface area contributed by atoms with E-state index in [4.69, 9.17) is 4.42 Å². The zero-order valence-electron chi connectivity index (χ0n) is 11.7. The number of aromatic nitrogens is 4. The average Bonchev–Trinajstić information content (AvgIpc) is 3.22. The van der Waals surface area contributed by atoms with Gasteiger partial charge < -0.3 is 14.7 Å². The van der Waals surface area contributed by atoms with Crippen LogP contribution in [0.15, 0.2) is 59.1 Å². The zero-order valence-corrected chi connectivity index (χ0v) is 11.7. The van der Waals surface area contributed by atoms with Crippen molar-refractivity contribution >= 4 is 16.9 Å². The monoisotopic (exact) mass is 291 g/mol. The average molecular weight is 291 g/mol. The highest BCUT2D eigenvalue weighted by molar-refractivity contribution is 5.77. The van der Waals surface area contributed by atoms with Gasteiger partial charge in [-0.25, -0.2) is 4.98 Å². The van der Waals surface area contributed by atoms with Crippen molar-refractivity contribution in [3.8, 4) is 11.5 Å². The maximum absolute atomic E-state index is 5.64. The summed E-state index contributed by atoms with van der Waals surface area (Å²) in [7, 11) is 0. The van der Waals surface area contributed by atoms with Crippen molar-refractivity contribution in [2.75, 3.05) is 5.32 Å². The third-order valence-corrected chi connectivity index (χ3v) is 3.32. The van der Waals surface area contributed by atoms with Crippen molar-refractivity contribution in [1.82, 2.24) is 20.2 Å². The van der Waals surface area contributed by atoms with Gasteiger partial charge in [0, 0.05) is 17.1 Å². The highest BCUT2D eigenvalue weighted by Crippen LogP contribution is 2.18. The number of nitrogens with zero attached hydrogens (tertiary/aromatic N) is 3. The van der Waals surface area contributed by atoms with Crippen molar-refractivity contribution in [1.29, 1.82) is 0 Å². The predicted molar refractivity (Wildman–Crippen MR) is 83.2 cm³/mol. The molecule has 1 aromatic carbocycles. The molecule has 6 heteroatoms. The van der Waals surface area contributed by atoms with Gasteiger partial charge in [0.05, 0.1) is 6.54 Å². The first kappa shape index (κ1) is 12.6. The molecule has 3 aromatic heterocycles. The van der Waals surface area contributed by atoms with Gasteiger partial charge in [0.2, 0.25) is 11.8 Å². The number of hydrogen-bond donors (Lipinski definition) is 2. The smallest absolute Gasteiger partial charge is 0.247 e. The first-order valence-corrected chi connectivity index (χ1v) is 6.94.